The molecule has 0 unspecified atom stereocenters. The van der Waals surface area contributed by atoms with Gasteiger partial charge in [0.15, 0.2) is 6.29 Å². The molecule has 5 atom stereocenters. The smallest absolute Gasteiger partial charge is 0.303 e. The second kappa shape index (κ2) is 16.5. The van der Waals surface area contributed by atoms with Crippen LogP contribution < -0.4 is 5.32 Å². The largest absolute Gasteiger partial charge is 0.481 e. The Bertz CT molecular complexity index is 1330. The minimum atomic E-state index is -0.823. The first-order valence-electron chi connectivity index (χ1n) is 15.3. The maximum Gasteiger partial charge on any atom is 0.303 e. The molecule has 0 saturated carbocycles. The van der Waals surface area contributed by atoms with Crippen molar-refractivity contribution in [2.24, 2.45) is 0 Å². The van der Waals surface area contributed by atoms with Gasteiger partial charge in [0.05, 0.1) is 24.9 Å². The van der Waals surface area contributed by atoms with Gasteiger partial charge in [-0.15, -0.1) is 0 Å². The first-order valence-corrected chi connectivity index (χ1v) is 15.3. The predicted octanol–water partition coefficient (Wildman–Crippen LogP) is 5.75. The molecule has 1 heterocycles. The van der Waals surface area contributed by atoms with Crippen LogP contribution in [0, 0.1) is 0 Å². The number of unbranched alkanes of at least 4 members (excludes halogenated alkanes) is 2. The minimum Gasteiger partial charge on any atom is -0.481 e. The molecule has 0 spiro atoms. The van der Waals surface area contributed by atoms with Crippen molar-refractivity contribution in [3.63, 3.8) is 0 Å². The Labute approximate surface area is 259 Å². The Morgan fingerprint density at radius 2 is 1.66 bits per heavy atom. The lowest BCUT2D eigenvalue weighted by atomic mass is 9.98. The Hall–Kier alpha value is -3.60. The highest BCUT2D eigenvalue weighted by atomic mass is 16.7. The molecule has 0 radical (unpaired) electrons. The summed E-state index contributed by atoms with van der Waals surface area (Å²) in [6.07, 6.45) is 1.06. The van der Waals surface area contributed by atoms with E-state index in [1.165, 1.54) is 0 Å². The molecular formula is C35H44N2O7. The molecule has 4 rings (SSSR count). The fraction of sp³-hybridized carbons (Fsp3) is 0.429. The van der Waals surface area contributed by atoms with E-state index in [-0.39, 0.29) is 37.2 Å². The van der Waals surface area contributed by atoms with Crippen molar-refractivity contribution >= 4 is 17.6 Å². The number of carboxylic acids is 1. The van der Waals surface area contributed by atoms with Gasteiger partial charge < -0.3 is 30.1 Å². The number of ether oxygens (including phenoxy) is 2. The molecule has 3 aromatic rings. The molecule has 0 aliphatic carbocycles. The molecule has 1 aliphatic heterocycles. The first-order chi connectivity index (χ1) is 21.2. The highest BCUT2D eigenvalue weighted by Crippen LogP contribution is 2.39. The number of carbonyl (C=O) groups excluding carboxylic acids is 1. The molecule has 1 aliphatic rings. The number of aliphatic hydroxyl groups is 2. The molecule has 9 nitrogen and oxygen atoms in total. The highest BCUT2D eigenvalue weighted by Gasteiger charge is 2.34. The lowest BCUT2D eigenvalue weighted by molar-refractivity contribution is -0.253. The van der Waals surface area contributed by atoms with Crippen molar-refractivity contribution in [3.8, 4) is 0 Å². The third kappa shape index (κ3) is 9.70. The zero-order chi connectivity index (χ0) is 31.5. The summed E-state index contributed by atoms with van der Waals surface area (Å²) in [6, 6.07) is 24.6. The van der Waals surface area contributed by atoms with Crippen LogP contribution in [-0.2, 0) is 25.7 Å². The van der Waals surface area contributed by atoms with Crippen LogP contribution in [0.25, 0.3) is 0 Å². The van der Waals surface area contributed by atoms with Crippen LogP contribution >= 0.6 is 0 Å². The molecule has 9 heteroatoms. The molecule has 0 aromatic heterocycles. The Morgan fingerprint density at radius 1 is 0.932 bits per heavy atom. The number of rotatable bonds is 15. The highest BCUT2D eigenvalue weighted by molar-refractivity contribution is 5.90. The maximum atomic E-state index is 12.5. The number of hydrogen-bond acceptors (Lipinski definition) is 7. The topological polar surface area (TPSA) is 129 Å². The van der Waals surface area contributed by atoms with E-state index in [9.17, 15) is 19.8 Å². The predicted molar refractivity (Wildman–Crippen MR) is 168 cm³/mol. The van der Waals surface area contributed by atoms with Crippen molar-refractivity contribution in [2.45, 2.75) is 82.7 Å². The van der Waals surface area contributed by atoms with Gasteiger partial charge in [-0.3, -0.25) is 14.5 Å². The van der Waals surface area contributed by atoms with E-state index >= 15 is 0 Å². The van der Waals surface area contributed by atoms with Crippen LogP contribution in [0.1, 0.15) is 86.2 Å². The van der Waals surface area contributed by atoms with Gasteiger partial charge in [-0.1, -0.05) is 73.2 Å². The molecule has 0 bridgehead atoms. The zero-order valence-corrected chi connectivity index (χ0v) is 25.5. The number of carbonyl (C=O) groups is 2. The average Bonchev–Trinajstić information content (AvgIpc) is 3.04. The first kappa shape index (κ1) is 33.3. The quantitative estimate of drug-likeness (QED) is 0.162. The minimum absolute atomic E-state index is 0.0343. The molecular weight excluding hydrogens is 560 g/mol. The molecule has 44 heavy (non-hydrogen) atoms. The van der Waals surface area contributed by atoms with Crippen LogP contribution in [0.5, 0.6) is 0 Å². The van der Waals surface area contributed by atoms with Gasteiger partial charge >= 0.3 is 5.97 Å². The molecule has 4 N–H and O–H groups in total. The summed E-state index contributed by atoms with van der Waals surface area (Å²) in [5, 5.41) is 32.2. The van der Waals surface area contributed by atoms with Gasteiger partial charge in [-0.2, -0.15) is 0 Å². The van der Waals surface area contributed by atoms with Crippen LogP contribution in [0.3, 0.4) is 0 Å². The van der Waals surface area contributed by atoms with E-state index in [2.05, 4.69) is 10.2 Å². The normalized spacial score (nSPS) is 19.8. The number of hydrogen-bond donors (Lipinski definition) is 4. The second-order valence-corrected chi connectivity index (χ2v) is 11.5. The van der Waals surface area contributed by atoms with E-state index in [1.54, 1.807) is 0 Å². The fourth-order valence-electron chi connectivity index (χ4n) is 5.42. The van der Waals surface area contributed by atoms with Crippen molar-refractivity contribution in [1.29, 1.82) is 0 Å². The number of anilines is 1. The van der Waals surface area contributed by atoms with Crippen molar-refractivity contribution in [1.82, 2.24) is 4.90 Å². The maximum absolute atomic E-state index is 12.5. The van der Waals surface area contributed by atoms with Crippen molar-refractivity contribution in [3.05, 3.63) is 101 Å². The molecule has 1 fully saturated rings. The van der Waals surface area contributed by atoms with Gasteiger partial charge in [-0.05, 0) is 55.6 Å². The number of likely N-dealkylation sites (N-methyl/N-ethyl adjacent to an activating group) is 1. The Kier molecular flexibility index (Phi) is 12.5. The summed E-state index contributed by atoms with van der Waals surface area (Å²) in [5.74, 6) is -0.953. The van der Waals surface area contributed by atoms with E-state index in [0.29, 0.717) is 44.3 Å². The van der Waals surface area contributed by atoms with Gasteiger partial charge in [-0.25, -0.2) is 0 Å². The summed E-state index contributed by atoms with van der Waals surface area (Å²) >= 11 is 0. The van der Waals surface area contributed by atoms with E-state index in [0.717, 1.165) is 22.3 Å². The number of aliphatic hydroxyl groups excluding tert-OH is 2. The molecule has 236 valence electrons. The number of carboxylic acid groups (broad SMARTS) is 1. The van der Waals surface area contributed by atoms with Crippen molar-refractivity contribution in [2.75, 3.05) is 18.9 Å². The Morgan fingerprint density at radius 3 is 2.36 bits per heavy atom. The number of amides is 1. The van der Waals surface area contributed by atoms with Crippen LogP contribution in [0.2, 0.25) is 0 Å². The van der Waals surface area contributed by atoms with Crippen LogP contribution in [0.15, 0.2) is 78.9 Å². The monoisotopic (exact) mass is 604 g/mol. The number of nitrogens with one attached hydrogen (secondary N) is 1. The van der Waals surface area contributed by atoms with Crippen molar-refractivity contribution < 1.29 is 34.4 Å². The number of aliphatic carboxylic acids is 1. The van der Waals surface area contributed by atoms with Crippen LogP contribution in [-0.4, -0.2) is 57.8 Å². The standard InChI is InChI=1S/C35H44N2O7/c1-24(34(42)27-10-5-3-6-11-27)37(2)22-30-21-31(26-18-16-25(23-38)17-19-26)44-35(43-30)28-12-9-13-29(20-28)36-32(39)14-7-4-8-15-33(40)41/h3,5-6,9-13,16-20,24,30-31,34-35,38,42H,4,7-8,14-15,21-23H2,1-2H3,(H,36,39)(H,40,41)/t24-,30+,31-,34-,35-/m1/s1. The second-order valence-electron chi connectivity index (χ2n) is 11.5. The van der Waals surface area contributed by atoms with Gasteiger partial charge in [0, 0.05) is 43.1 Å². The van der Waals surface area contributed by atoms with Crippen LogP contribution in [0.4, 0.5) is 5.69 Å². The summed E-state index contributed by atoms with van der Waals surface area (Å²) in [6.45, 7) is 2.53. The third-order valence-electron chi connectivity index (χ3n) is 8.14. The van der Waals surface area contributed by atoms with Gasteiger partial charge in [0.2, 0.25) is 5.91 Å². The number of nitrogens with zero attached hydrogens (tertiary/aromatic N) is 1. The zero-order valence-electron chi connectivity index (χ0n) is 25.5. The summed E-state index contributed by atoms with van der Waals surface area (Å²) < 4.78 is 13.0. The molecule has 1 amide bonds. The number of benzene rings is 3. The lowest BCUT2D eigenvalue weighted by Gasteiger charge is -2.39. The molecule has 3 aromatic carbocycles. The SMILES string of the molecule is C[C@H]([C@@H](O)c1ccccc1)N(C)C[C@@H]1C[C@H](c2ccc(CO)cc2)O[C@H](c2cccc(NC(=O)CCCCCC(=O)O)c2)O1. The Balaban J connectivity index is 1.45. The van der Waals surface area contributed by atoms with E-state index in [1.807, 2.05) is 92.8 Å². The van der Waals surface area contributed by atoms with Gasteiger partial charge in [0.1, 0.15) is 0 Å². The third-order valence-corrected chi connectivity index (χ3v) is 8.14. The fourth-order valence-corrected chi connectivity index (χ4v) is 5.42. The van der Waals surface area contributed by atoms with E-state index < -0.39 is 18.4 Å². The summed E-state index contributed by atoms with van der Waals surface area (Å²) in [7, 11) is 1.98. The average molecular weight is 605 g/mol. The van der Waals surface area contributed by atoms with E-state index in [4.69, 9.17) is 14.6 Å². The summed E-state index contributed by atoms with van der Waals surface area (Å²) in [4.78, 5) is 25.3. The lowest BCUT2D eigenvalue weighted by Crippen LogP contribution is -2.43. The summed E-state index contributed by atoms with van der Waals surface area (Å²) in [5.41, 5.74) is 4.06. The molecule has 1 saturated heterocycles. The van der Waals surface area contributed by atoms with Gasteiger partial charge in [0.25, 0.3) is 0 Å².